The van der Waals surface area contributed by atoms with Crippen LogP contribution in [0.25, 0.3) is 0 Å². The summed E-state index contributed by atoms with van der Waals surface area (Å²) < 4.78 is 0. The lowest BCUT2D eigenvalue weighted by atomic mass is 10.0. The molecule has 0 amide bonds. The predicted molar refractivity (Wildman–Crippen MR) is 52.1 cm³/mol. The van der Waals surface area contributed by atoms with Gasteiger partial charge < -0.3 is 5.32 Å². The van der Waals surface area contributed by atoms with Crippen LogP contribution in [-0.2, 0) is 0 Å². The normalized spacial score (nSPS) is 35.7. The number of hydrogen-bond donors (Lipinski definition) is 1. The van der Waals surface area contributed by atoms with Crippen molar-refractivity contribution >= 4 is 0 Å². The molecule has 0 saturated heterocycles. The number of nitrogens with zero attached hydrogens (tertiary/aromatic N) is 1. The van der Waals surface area contributed by atoms with Crippen LogP contribution < -0.4 is 5.32 Å². The van der Waals surface area contributed by atoms with Crippen LogP contribution in [0.15, 0.2) is 0 Å². The lowest BCUT2D eigenvalue weighted by molar-refractivity contribution is 0.373. The van der Waals surface area contributed by atoms with Crippen molar-refractivity contribution in [3.8, 4) is 6.07 Å². The maximum Gasteiger partial charge on any atom is 0.0672 e. The summed E-state index contributed by atoms with van der Waals surface area (Å²) in [4.78, 5) is 0. The van der Waals surface area contributed by atoms with E-state index in [1.165, 1.54) is 32.1 Å². The molecule has 2 aliphatic carbocycles. The highest BCUT2D eigenvalue weighted by Gasteiger charge is 2.44. The van der Waals surface area contributed by atoms with Gasteiger partial charge in [-0.05, 0) is 32.1 Å². The summed E-state index contributed by atoms with van der Waals surface area (Å²) in [6, 6.07) is 2.92. The van der Waals surface area contributed by atoms with Gasteiger partial charge in [0.05, 0.1) is 12.0 Å². The zero-order valence-electron chi connectivity index (χ0n) is 8.34. The van der Waals surface area contributed by atoms with E-state index in [1.54, 1.807) is 0 Å². The third kappa shape index (κ3) is 1.71. The third-order valence-electron chi connectivity index (χ3n) is 3.70. The highest BCUT2D eigenvalue weighted by atomic mass is 15.1. The first kappa shape index (κ1) is 9.02. The molecule has 0 aliphatic heterocycles. The van der Waals surface area contributed by atoms with Gasteiger partial charge in [-0.3, -0.25) is 0 Å². The van der Waals surface area contributed by atoms with Gasteiger partial charge in [-0.1, -0.05) is 13.3 Å². The van der Waals surface area contributed by atoms with E-state index < -0.39 is 0 Å². The topological polar surface area (TPSA) is 35.8 Å². The van der Waals surface area contributed by atoms with Crippen molar-refractivity contribution in [2.45, 2.75) is 57.0 Å². The van der Waals surface area contributed by atoms with Crippen molar-refractivity contribution in [1.29, 1.82) is 5.26 Å². The monoisotopic (exact) mass is 178 g/mol. The van der Waals surface area contributed by atoms with Crippen LogP contribution in [0.5, 0.6) is 0 Å². The second kappa shape index (κ2) is 3.31. The summed E-state index contributed by atoms with van der Waals surface area (Å²) in [5.41, 5.74) is 0.435. The van der Waals surface area contributed by atoms with E-state index in [9.17, 15) is 0 Å². The second-order valence-corrected chi connectivity index (χ2v) is 4.55. The first-order chi connectivity index (χ1) is 6.29. The van der Waals surface area contributed by atoms with Gasteiger partial charge in [0.1, 0.15) is 0 Å². The fourth-order valence-corrected chi connectivity index (χ4v) is 2.43. The molecule has 2 rings (SSSR count). The van der Waals surface area contributed by atoms with Gasteiger partial charge in [-0.25, -0.2) is 0 Å². The van der Waals surface area contributed by atoms with Crippen molar-refractivity contribution < 1.29 is 0 Å². The van der Waals surface area contributed by atoms with Crippen molar-refractivity contribution in [3.63, 3.8) is 0 Å². The van der Waals surface area contributed by atoms with Crippen LogP contribution >= 0.6 is 0 Å². The summed E-state index contributed by atoms with van der Waals surface area (Å²) in [5, 5.41) is 12.6. The number of nitriles is 1. The number of nitrogens with one attached hydrogen (secondary N) is 1. The van der Waals surface area contributed by atoms with Gasteiger partial charge in [0.25, 0.3) is 0 Å². The minimum atomic E-state index is 0.282. The van der Waals surface area contributed by atoms with E-state index in [0.717, 1.165) is 6.42 Å². The molecule has 0 aromatic carbocycles. The summed E-state index contributed by atoms with van der Waals surface area (Å²) in [6.07, 6.45) is 7.40. The minimum Gasteiger partial charge on any atom is -0.307 e. The van der Waals surface area contributed by atoms with Crippen LogP contribution in [0.4, 0.5) is 0 Å². The van der Waals surface area contributed by atoms with E-state index in [2.05, 4.69) is 18.3 Å². The molecule has 2 fully saturated rings. The van der Waals surface area contributed by atoms with Gasteiger partial charge >= 0.3 is 0 Å². The van der Waals surface area contributed by atoms with E-state index >= 15 is 0 Å². The quantitative estimate of drug-likeness (QED) is 0.719. The van der Waals surface area contributed by atoms with Crippen molar-refractivity contribution in [3.05, 3.63) is 0 Å². The average Bonchev–Trinajstić information content (AvgIpc) is 2.78. The number of rotatable bonds is 3. The predicted octanol–water partition coefficient (Wildman–Crippen LogP) is 2.21. The van der Waals surface area contributed by atoms with Gasteiger partial charge in [0, 0.05) is 11.6 Å². The molecule has 2 heteroatoms. The smallest absolute Gasteiger partial charge is 0.0672 e. The van der Waals surface area contributed by atoms with E-state index in [1.807, 2.05) is 0 Å². The van der Waals surface area contributed by atoms with Crippen LogP contribution in [-0.4, -0.2) is 11.6 Å². The van der Waals surface area contributed by atoms with Gasteiger partial charge in [-0.2, -0.15) is 5.26 Å². The van der Waals surface area contributed by atoms with Crippen LogP contribution in [0.2, 0.25) is 0 Å². The standard InChI is InChI=1S/C11H18N2/c1-2-11(6-7-11)13-10-5-3-4-9(10)8-12/h9-10,13H,2-7H2,1H3. The van der Waals surface area contributed by atoms with E-state index in [4.69, 9.17) is 5.26 Å². The summed E-state index contributed by atoms with van der Waals surface area (Å²) in [7, 11) is 0. The van der Waals surface area contributed by atoms with Gasteiger partial charge in [0.15, 0.2) is 0 Å². The maximum absolute atomic E-state index is 8.94. The second-order valence-electron chi connectivity index (χ2n) is 4.55. The number of hydrogen-bond acceptors (Lipinski definition) is 2. The molecule has 0 aromatic rings. The highest BCUT2D eigenvalue weighted by Crippen LogP contribution is 2.41. The molecule has 13 heavy (non-hydrogen) atoms. The molecular formula is C11H18N2. The first-order valence-electron chi connectivity index (χ1n) is 5.47. The van der Waals surface area contributed by atoms with Crippen molar-refractivity contribution in [1.82, 2.24) is 5.32 Å². The van der Waals surface area contributed by atoms with E-state index in [0.29, 0.717) is 11.6 Å². The Morgan fingerprint density at radius 1 is 1.46 bits per heavy atom. The van der Waals surface area contributed by atoms with Crippen molar-refractivity contribution in [2.75, 3.05) is 0 Å². The molecule has 2 saturated carbocycles. The Bertz CT molecular complexity index is 225. The molecule has 1 N–H and O–H groups in total. The van der Waals surface area contributed by atoms with Gasteiger partial charge in [-0.15, -0.1) is 0 Å². The molecule has 2 unspecified atom stereocenters. The maximum atomic E-state index is 8.94. The lowest BCUT2D eigenvalue weighted by Gasteiger charge is -2.23. The fourth-order valence-electron chi connectivity index (χ4n) is 2.43. The molecular weight excluding hydrogens is 160 g/mol. The molecule has 0 spiro atoms. The largest absolute Gasteiger partial charge is 0.307 e. The zero-order chi connectivity index (χ0) is 9.31. The van der Waals surface area contributed by atoms with Crippen LogP contribution in [0.3, 0.4) is 0 Å². The Morgan fingerprint density at radius 2 is 2.23 bits per heavy atom. The molecule has 2 aliphatic rings. The molecule has 2 nitrogen and oxygen atoms in total. The average molecular weight is 178 g/mol. The lowest BCUT2D eigenvalue weighted by Crippen LogP contribution is -2.41. The summed E-state index contributed by atoms with van der Waals surface area (Å²) in [6.45, 7) is 2.25. The Hall–Kier alpha value is -0.550. The van der Waals surface area contributed by atoms with Crippen LogP contribution in [0.1, 0.15) is 45.4 Å². The molecule has 0 aromatic heterocycles. The third-order valence-corrected chi connectivity index (χ3v) is 3.70. The van der Waals surface area contributed by atoms with Gasteiger partial charge in [0.2, 0.25) is 0 Å². The SMILES string of the molecule is CCC1(NC2CCCC2C#N)CC1. The minimum absolute atomic E-state index is 0.282. The Labute approximate surface area is 80.3 Å². The summed E-state index contributed by atoms with van der Waals surface area (Å²) in [5.74, 6) is 0.282. The van der Waals surface area contributed by atoms with E-state index in [-0.39, 0.29) is 5.92 Å². The molecule has 0 heterocycles. The van der Waals surface area contributed by atoms with Crippen LogP contribution in [0, 0.1) is 17.2 Å². The van der Waals surface area contributed by atoms with Crippen molar-refractivity contribution in [2.24, 2.45) is 5.92 Å². The molecule has 0 radical (unpaired) electrons. The fraction of sp³-hybridized carbons (Fsp3) is 0.909. The summed E-state index contributed by atoms with van der Waals surface area (Å²) >= 11 is 0. The Kier molecular flexibility index (Phi) is 2.29. The molecule has 72 valence electrons. The zero-order valence-corrected chi connectivity index (χ0v) is 8.34. The molecule has 0 bridgehead atoms. The Balaban J connectivity index is 1.91. The first-order valence-corrected chi connectivity index (χ1v) is 5.47. The molecule has 2 atom stereocenters. The highest BCUT2D eigenvalue weighted by molar-refractivity contribution is 5.06. The Morgan fingerprint density at radius 3 is 2.77 bits per heavy atom.